The highest BCUT2D eigenvalue weighted by Gasteiger charge is 2.44. The average molecular weight is 1230 g/mol. The Bertz CT molecular complexity index is 1760. The molecule has 7 atom stereocenters. The third kappa shape index (κ3) is 54.6. The fraction of sp³-hybridized carbons (Fsp3) is 0.759. The van der Waals surface area contributed by atoms with Crippen molar-refractivity contribution in [3.05, 3.63) is 109 Å². The van der Waals surface area contributed by atoms with Gasteiger partial charge in [0.15, 0.2) is 6.29 Å². The SMILES string of the molecule is CC/C=C\C/C=C\C/C=C\C/C=C\C/C=C\C/C=C\C/C=C\C/C=C\C/C=C\CCCCCCCC(=O)NC(COC1OC(CO)C(O)C(O)C1O)C(O)CCCCCCCCCCCCCCCCCCCCCCCCCCCCCCCCCC. The van der Waals surface area contributed by atoms with Crippen LogP contribution in [0.15, 0.2) is 109 Å². The summed E-state index contributed by atoms with van der Waals surface area (Å²) in [4.78, 5) is 13.2. The number of carbonyl (C=O) groups excluding carboxylic acids is 1. The summed E-state index contributed by atoms with van der Waals surface area (Å²) in [7, 11) is 0. The number of hydrogen-bond acceptors (Lipinski definition) is 8. The highest BCUT2D eigenvalue weighted by atomic mass is 16.7. The molecule has 0 aliphatic carbocycles. The van der Waals surface area contributed by atoms with Gasteiger partial charge in [0.05, 0.1) is 25.4 Å². The number of ether oxygens (including phenoxy) is 2. The van der Waals surface area contributed by atoms with E-state index in [0.29, 0.717) is 12.8 Å². The molecule has 1 fully saturated rings. The van der Waals surface area contributed by atoms with Crippen LogP contribution >= 0.6 is 0 Å². The van der Waals surface area contributed by atoms with Gasteiger partial charge in [-0.2, -0.15) is 0 Å². The summed E-state index contributed by atoms with van der Waals surface area (Å²) in [6.45, 7) is 3.74. The maximum Gasteiger partial charge on any atom is 0.220 e. The number of aliphatic hydroxyl groups is 5. The summed E-state index contributed by atoms with van der Waals surface area (Å²) in [6.07, 6.45) is 91.6. The Kier molecular flexibility index (Phi) is 62.9. The number of amides is 1. The van der Waals surface area contributed by atoms with E-state index in [-0.39, 0.29) is 12.5 Å². The molecule has 1 amide bonds. The van der Waals surface area contributed by atoms with Crippen molar-refractivity contribution in [3.63, 3.8) is 0 Å². The topological polar surface area (TPSA) is 149 Å². The molecule has 1 rings (SSSR count). The highest BCUT2D eigenvalue weighted by Crippen LogP contribution is 2.24. The minimum atomic E-state index is -1.57. The van der Waals surface area contributed by atoms with E-state index >= 15 is 0 Å². The van der Waals surface area contributed by atoms with Gasteiger partial charge < -0.3 is 40.3 Å². The second kappa shape index (κ2) is 66.8. The van der Waals surface area contributed by atoms with Gasteiger partial charge in [-0.15, -0.1) is 0 Å². The first-order valence-corrected chi connectivity index (χ1v) is 37.1. The summed E-state index contributed by atoms with van der Waals surface area (Å²) < 4.78 is 11.4. The number of nitrogens with one attached hydrogen (secondary N) is 1. The normalized spacial score (nSPS) is 18.6. The zero-order valence-corrected chi connectivity index (χ0v) is 57.0. The van der Waals surface area contributed by atoms with E-state index in [9.17, 15) is 30.3 Å². The smallest absolute Gasteiger partial charge is 0.220 e. The first-order valence-electron chi connectivity index (χ1n) is 37.1. The van der Waals surface area contributed by atoms with Crippen molar-refractivity contribution in [3.8, 4) is 0 Å². The molecule has 0 saturated carbocycles. The molecular weight excluding hydrogens is 1090 g/mol. The van der Waals surface area contributed by atoms with E-state index in [1.165, 1.54) is 186 Å². The van der Waals surface area contributed by atoms with Crippen molar-refractivity contribution >= 4 is 5.91 Å². The van der Waals surface area contributed by atoms with Gasteiger partial charge in [0.2, 0.25) is 5.91 Å². The molecule has 9 heteroatoms. The fourth-order valence-electron chi connectivity index (χ4n) is 11.4. The van der Waals surface area contributed by atoms with Crippen molar-refractivity contribution in [2.45, 2.75) is 371 Å². The lowest BCUT2D eigenvalue weighted by atomic mass is 9.99. The molecule has 0 bridgehead atoms. The molecule has 0 spiro atoms. The van der Waals surface area contributed by atoms with Gasteiger partial charge in [-0.25, -0.2) is 0 Å². The zero-order valence-electron chi connectivity index (χ0n) is 57.0. The molecule has 0 aromatic carbocycles. The van der Waals surface area contributed by atoms with Crippen LogP contribution in [0.3, 0.4) is 0 Å². The molecule has 88 heavy (non-hydrogen) atoms. The third-order valence-electron chi connectivity index (χ3n) is 17.1. The van der Waals surface area contributed by atoms with Crippen LogP contribution in [-0.4, -0.2) is 87.5 Å². The molecule has 0 radical (unpaired) electrons. The van der Waals surface area contributed by atoms with E-state index in [4.69, 9.17) is 9.47 Å². The molecule has 1 aliphatic heterocycles. The summed E-state index contributed by atoms with van der Waals surface area (Å²) in [5.74, 6) is -0.163. The number of allylic oxidation sites excluding steroid dienone is 18. The van der Waals surface area contributed by atoms with Crippen LogP contribution in [0.1, 0.15) is 328 Å². The van der Waals surface area contributed by atoms with Gasteiger partial charge in [-0.05, 0) is 83.5 Å². The lowest BCUT2D eigenvalue weighted by molar-refractivity contribution is -0.302. The molecule has 0 aromatic heterocycles. The monoisotopic (exact) mass is 1230 g/mol. The summed E-state index contributed by atoms with van der Waals surface area (Å²) >= 11 is 0. The standard InChI is InChI=1S/C79H139NO8/c1-3-5-7-9-11-13-15-17-19-21-23-25-27-29-31-33-35-37-39-41-43-45-47-49-51-53-55-57-59-61-63-65-67-69-75(83)80-72(71-87-79-78(86)77(85)76(84)74(70-81)88-79)73(82)68-66-64-62-60-58-56-54-52-50-48-46-44-42-40-38-36-34-32-30-28-26-24-22-20-18-16-14-12-10-8-6-4-2/h5,7,11,13,17,19,23,25,29,31,35,37,41,43,47,49,53,55,72-74,76-79,81-82,84-86H,3-4,6,8-10,12,14-16,18,20-22,24,26-28,30,32-34,36,38-40,42,44-46,48,50-52,54,56-71H2,1-2H3,(H,80,83)/b7-5-,13-11-,19-17-,25-23-,31-29-,37-35-,43-41-,49-47-,55-53-. The Labute approximate surface area is 542 Å². The number of hydrogen-bond donors (Lipinski definition) is 6. The number of carbonyl (C=O) groups is 1. The summed E-state index contributed by atoms with van der Waals surface area (Å²) in [6, 6.07) is -0.740. The van der Waals surface area contributed by atoms with Crippen molar-refractivity contribution in [1.82, 2.24) is 5.32 Å². The van der Waals surface area contributed by atoms with Crippen LogP contribution in [0.5, 0.6) is 0 Å². The molecule has 1 aliphatic rings. The van der Waals surface area contributed by atoms with Gasteiger partial charge in [0, 0.05) is 6.42 Å². The van der Waals surface area contributed by atoms with E-state index < -0.39 is 49.5 Å². The van der Waals surface area contributed by atoms with Gasteiger partial charge in [0.25, 0.3) is 0 Å². The molecule has 508 valence electrons. The Morgan fingerprint density at radius 2 is 0.705 bits per heavy atom. The Morgan fingerprint density at radius 3 is 1.05 bits per heavy atom. The average Bonchev–Trinajstić information content (AvgIpc) is 3.65. The van der Waals surface area contributed by atoms with Crippen molar-refractivity contribution in [1.29, 1.82) is 0 Å². The second-order valence-corrected chi connectivity index (χ2v) is 25.4. The second-order valence-electron chi connectivity index (χ2n) is 25.4. The van der Waals surface area contributed by atoms with Crippen LogP contribution in [-0.2, 0) is 14.3 Å². The van der Waals surface area contributed by atoms with Crippen molar-refractivity contribution in [2.24, 2.45) is 0 Å². The first kappa shape index (κ1) is 82.9. The Hall–Kier alpha value is -3.15. The highest BCUT2D eigenvalue weighted by molar-refractivity contribution is 5.76. The van der Waals surface area contributed by atoms with Gasteiger partial charge >= 0.3 is 0 Å². The van der Waals surface area contributed by atoms with Crippen LogP contribution < -0.4 is 5.32 Å². The van der Waals surface area contributed by atoms with Gasteiger partial charge in [-0.3, -0.25) is 4.79 Å². The summed E-state index contributed by atoms with van der Waals surface area (Å²) in [5.41, 5.74) is 0. The molecular formula is C79H139NO8. The number of aliphatic hydroxyl groups excluding tert-OH is 5. The van der Waals surface area contributed by atoms with Crippen LogP contribution in [0.4, 0.5) is 0 Å². The molecule has 1 saturated heterocycles. The zero-order chi connectivity index (χ0) is 63.5. The largest absolute Gasteiger partial charge is 0.394 e. The van der Waals surface area contributed by atoms with Gasteiger partial charge in [0.1, 0.15) is 24.4 Å². The first-order chi connectivity index (χ1) is 43.3. The number of rotatable bonds is 64. The predicted molar refractivity (Wildman–Crippen MR) is 377 cm³/mol. The van der Waals surface area contributed by atoms with Crippen LogP contribution in [0.25, 0.3) is 0 Å². The van der Waals surface area contributed by atoms with Crippen LogP contribution in [0, 0.1) is 0 Å². The van der Waals surface area contributed by atoms with Crippen molar-refractivity contribution in [2.75, 3.05) is 13.2 Å². The van der Waals surface area contributed by atoms with E-state index in [2.05, 4.69) is 129 Å². The lowest BCUT2D eigenvalue weighted by Crippen LogP contribution is -2.60. The van der Waals surface area contributed by atoms with Gasteiger partial charge in [-0.1, -0.05) is 348 Å². The van der Waals surface area contributed by atoms with Crippen LogP contribution in [0.2, 0.25) is 0 Å². The molecule has 9 nitrogen and oxygen atoms in total. The number of unbranched alkanes of at least 4 members (excludes halogenated alkanes) is 36. The maximum atomic E-state index is 13.2. The molecule has 7 unspecified atom stereocenters. The quantitative estimate of drug-likeness (QED) is 0.0261. The Balaban J connectivity index is 2.14. The van der Waals surface area contributed by atoms with E-state index in [1.54, 1.807) is 0 Å². The lowest BCUT2D eigenvalue weighted by Gasteiger charge is -2.40. The Morgan fingerprint density at radius 1 is 0.398 bits per heavy atom. The minimum absolute atomic E-state index is 0.151. The summed E-state index contributed by atoms with van der Waals surface area (Å²) in [5, 5.41) is 55.0. The molecule has 1 heterocycles. The third-order valence-corrected chi connectivity index (χ3v) is 17.1. The molecule has 6 N–H and O–H groups in total. The fourth-order valence-corrected chi connectivity index (χ4v) is 11.4. The predicted octanol–water partition coefficient (Wildman–Crippen LogP) is 20.8. The van der Waals surface area contributed by atoms with Crippen molar-refractivity contribution < 1.29 is 39.8 Å². The van der Waals surface area contributed by atoms with E-state index in [0.717, 1.165) is 116 Å². The minimum Gasteiger partial charge on any atom is -0.394 e. The van der Waals surface area contributed by atoms with E-state index in [1.807, 2.05) is 0 Å². The molecule has 0 aromatic rings. The maximum absolute atomic E-state index is 13.2.